The molecule has 1 N–H and O–H groups in total. The lowest BCUT2D eigenvalue weighted by Crippen LogP contribution is -2.16. The van der Waals surface area contributed by atoms with Crippen molar-refractivity contribution in [2.75, 3.05) is 14.2 Å². The van der Waals surface area contributed by atoms with E-state index in [2.05, 4.69) is 5.32 Å². The molecule has 0 bridgehead atoms. The molecule has 1 aromatic heterocycles. The summed E-state index contributed by atoms with van der Waals surface area (Å²) in [7, 11) is 3.15. The minimum Gasteiger partial charge on any atom is -0.497 e. The lowest BCUT2D eigenvalue weighted by Gasteiger charge is -2.05. The number of amides is 1. The SMILES string of the molecule is CNC(=O)c1ccc(COc2cccc(OC)c2)o1. The summed E-state index contributed by atoms with van der Waals surface area (Å²) in [6.45, 7) is 0.254. The Balaban J connectivity index is 1.98. The molecule has 1 aromatic carbocycles. The molecule has 0 aliphatic carbocycles. The van der Waals surface area contributed by atoms with E-state index < -0.39 is 0 Å². The number of carbonyl (C=O) groups excluding carboxylic acids is 1. The Morgan fingerprint density at radius 3 is 2.79 bits per heavy atom. The molecule has 1 heterocycles. The zero-order chi connectivity index (χ0) is 13.7. The summed E-state index contributed by atoms with van der Waals surface area (Å²) in [5.41, 5.74) is 0. The Bertz CT molecular complexity index is 562. The Morgan fingerprint density at radius 1 is 1.26 bits per heavy atom. The molecule has 0 unspecified atom stereocenters. The van der Waals surface area contributed by atoms with Crippen LogP contribution in [-0.2, 0) is 6.61 Å². The summed E-state index contributed by atoms with van der Waals surface area (Å²) >= 11 is 0. The van der Waals surface area contributed by atoms with Crippen LogP contribution in [0.1, 0.15) is 16.3 Å². The van der Waals surface area contributed by atoms with Crippen molar-refractivity contribution in [1.82, 2.24) is 5.32 Å². The summed E-state index contributed by atoms with van der Waals surface area (Å²) in [6, 6.07) is 10.6. The highest BCUT2D eigenvalue weighted by molar-refractivity contribution is 5.91. The van der Waals surface area contributed by atoms with Crippen LogP contribution >= 0.6 is 0 Å². The van der Waals surface area contributed by atoms with Gasteiger partial charge in [-0.15, -0.1) is 0 Å². The largest absolute Gasteiger partial charge is 0.497 e. The number of nitrogens with one attached hydrogen (secondary N) is 1. The fraction of sp³-hybridized carbons (Fsp3) is 0.214. The molecule has 2 rings (SSSR count). The molecular formula is C14H15NO4. The number of methoxy groups -OCH3 is 1. The van der Waals surface area contributed by atoms with Crippen LogP contribution in [-0.4, -0.2) is 20.1 Å². The Hall–Kier alpha value is -2.43. The molecule has 0 saturated carbocycles. The molecule has 0 atom stereocenters. The van der Waals surface area contributed by atoms with E-state index in [0.29, 0.717) is 11.5 Å². The third-order valence-electron chi connectivity index (χ3n) is 2.53. The van der Waals surface area contributed by atoms with Gasteiger partial charge >= 0.3 is 0 Å². The van der Waals surface area contributed by atoms with E-state index >= 15 is 0 Å². The first-order chi connectivity index (χ1) is 9.22. The molecule has 0 radical (unpaired) electrons. The summed E-state index contributed by atoms with van der Waals surface area (Å²) in [4.78, 5) is 11.3. The first kappa shape index (κ1) is 13.0. The monoisotopic (exact) mass is 261 g/mol. The topological polar surface area (TPSA) is 60.7 Å². The van der Waals surface area contributed by atoms with Gasteiger partial charge in [-0.1, -0.05) is 6.07 Å². The van der Waals surface area contributed by atoms with Crippen molar-refractivity contribution < 1.29 is 18.7 Å². The van der Waals surface area contributed by atoms with E-state index in [-0.39, 0.29) is 18.3 Å². The normalized spacial score (nSPS) is 10.0. The van der Waals surface area contributed by atoms with Crippen LogP contribution in [0.25, 0.3) is 0 Å². The van der Waals surface area contributed by atoms with E-state index in [1.807, 2.05) is 18.2 Å². The van der Waals surface area contributed by atoms with Gasteiger partial charge in [0.05, 0.1) is 7.11 Å². The number of hydrogen-bond acceptors (Lipinski definition) is 4. The highest BCUT2D eigenvalue weighted by Crippen LogP contribution is 2.20. The first-order valence-corrected chi connectivity index (χ1v) is 5.80. The maximum absolute atomic E-state index is 11.3. The van der Waals surface area contributed by atoms with Gasteiger partial charge in [0.1, 0.15) is 23.9 Å². The van der Waals surface area contributed by atoms with Crippen molar-refractivity contribution in [2.24, 2.45) is 0 Å². The maximum atomic E-state index is 11.3. The van der Waals surface area contributed by atoms with Gasteiger partial charge in [0, 0.05) is 13.1 Å². The molecule has 0 fully saturated rings. The van der Waals surface area contributed by atoms with Crippen molar-refractivity contribution in [3.8, 4) is 11.5 Å². The van der Waals surface area contributed by atoms with Gasteiger partial charge in [-0.05, 0) is 24.3 Å². The Morgan fingerprint density at radius 2 is 2.05 bits per heavy atom. The van der Waals surface area contributed by atoms with Gasteiger partial charge < -0.3 is 19.2 Å². The molecule has 19 heavy (non-hydrogen) atoms. The van der Waals surface area contributed by atoms with Crippen LogP contribution in [0.2, 0.25) is 0 Å². The van der Waals surface area contributed by atoms with Gasteiger partial charge in [0.25, 0.3) is 5.91 Å². The lowest BCUT2D eigenvalue weighted by molar-refractivity contribution is 0.0931. The standard InChI is InChI=1S/C14H15NO4/c1-15-14(16)13-7-6-12(19-13)9-18-11-5-3-4-10(8-11)17-2/h3-8H,9H2,1-2H3,(H,15,16). The molecule has 0 aliphatic heterocycles. The van der Waals surface area contributed by atoms with Gasteiger partial charge in [0.15, 0.2) is 5.76 Å². The summed E-state index contributed by atoms with van der Waals surface area (Å²) < 4.78 is 16.0. The molecule has 5 nitrogen and oxygen atoms in total. The van der Waals surface area contributed by atoms with Crippen LogP contribution in [0, 0.1) is 0 Å². The third-order valence-corrected chi connectivity index (χ3v) is 2.53. The second kappa shape index (κ2) is 5.95. The maximum Gasteiger partial charge on any atom is 0.286 e. The molecule has 2 aromatic rings. The van der Waals surface area contributed by atoms with Gasteiger partial charge in [-0.3, -0.25) is 4.79 Å². The zero-order valence-corrected chi connectivity index (χ0v) is 10.8. The highest BCUT2D eigenvalue weighted by Gasteiger charge is 2.09. The number of rotatable bonds is 5. The van der Waals surface area contributed by atoms with Crippen molar-refractivity contribution in [3.05, 3.63) is 47.9 Å². The van der Waals surface area contributed by atoms with E-state index in [1.54, 1.807) is 32.4 Å². The molecule has 1 amide bonds. The minimum atomic E-state index is -0.257. The first-order valence-electron chi connectivity index (χ1n) is 5.80. The zero-order valence-electron chi connectivity index (χ0n) is 10.8. The van der Waals surface area contributed by atoms with E-state index in [0.717, 1.165) is 5.75 Å². The number of benzene rings is 1. The van der Waals surface area contributed by atoms with Crippen molar-refractivity contribution in [2.45, 2.75) is 6.61 Å². The predicted molar refractivity (Wildman–Crippen MR) is 69.4 cm³/mol. The number of ether oxygens (including phenoxy) is 2. The molecule has 100 valence electrons. The average molecular weight is 261 g/mol. The lowest BCUT2D eigenvalue weighted by atomic mass is 10.3. The second-order valence-electron chi connectivity index (χ2n) is 3.81. The fourth-order valence-corrected chi connectivity index (χ4v) is 1.55. The van der Waals surface area contributed by atoms with Crippen LogP contribution in [0.15, 0.2) is 40.8 Å². The van der Waals surface area contributed by atoms with Crippen LogP contribution < -0.4 is 14.8 Å². The molecular weight excluding hydrogens is 246 g/mol. The molecule has 0 saturated heterocycles. The van der Waals surface area contributed by atoms with Gasteiger partial charge in [0.2, 0.25) is 0 Å². The van der Waals surface area contributed by atoms with Crippen LogP contribution in [0.5, 0.6) is 11.5 Å². The number of furan rings is 1. The second-order valence-corrected chi connectivity index (χ2v) is 3.81. The Labute approximate surface area is 111 Å². The summed E-state index contributed by atoms with van der Waals surface area (Å²) in [5.74, 6) is 2.00. The van der Waals surface area contributed by atoms with Crippen molar-refractivity contribution >= 4 is 5.91 Å². The molecule has 0 spiro atoms. The minimum absolute atomic E-state index is 0.254. The van der Waals surface area contributed by atoms with Gasteiger partial charge in [-0.25, -0.2) is 0 Å². The van der Waals surface area contributed by atoms with E-state index in [4.69, 9.17) is 13.9 Å². The smallest absolute Gasteiger partial charge is 0.286 e. The van der Waals surface area contributed by atoms with Crippen molar-refractivity contribution in [3.63, 3.8) is 0 Å². The third kappa shape index (κ3) is 3.28. The van der Waals surface area contributed by atoms with E-state index in [9.17, 15) is 4.79 Å². The van der Waals surface area contributed by atoms with E-state index in [1.165, 1.54) is 0 Å². The predicted octanol–water partition coefficient (Wildman–Crippen LogP) is 2.23. The Kier molecular flexibility index (Phi) is 4.07. The average Bonchev–Trinajstić information content (AvgIpc) is 2.93. The number of hydrogen-bond donors (Lipinski definition) is 1. The van der Waals surface area contributed by atoms with Gasteiger partial charge in [-0.2, -0.15) is 0 Å². The summed E-state index contributed by atoms with van der Waals surface area (Å²) in [5, 5.41) is 2.49. The molecule has 0 aliphatic rings. The van der Waals surface area contributed by atoms with Crippen LogP contribution in [0.4, 0.5) is 0 Å². The van der Waals surface area contributed by atoms with Crippen LogP contribution in [0.3, 0.4) is 0 Å². The highest BCUT2D eigenvalue weighted by atomic mass is 16.5. The fourth-order valence-electron chi connectivity index (χ4n) is 1.55. The summed E-state index contributed by atoms with van der Waals surface area (Å²) in [6.07, 6.45) is 0. The quantitative estimate of drug-likeness (QED) is 0.896. The molecule has 5 heteroatoms. The van der Waals surface area contributed by atoms with Crippen molar-refractivity contribution in [1.29, 1.82) is 0 Å². The number of carbonyl (C=O) groups is 1.